The average Bonchev–Trinajstić information content (AvgIpc) is 2.69. The van der Waals surface area contributed by atoms with Gasteiger partial charge in [-0.05, 0) is 52.8 Å². The average molecular weight is 424 g/mol. The van der Waals surface area contributed by atoms with E-state index in [0.29, 0.717) is 25.9 Å². The molecule has 6 nitrogen and oxygen atoms in total. The Kier molecular flexibility index (Phi) is 7.28. The van der Waals surface area contributed by atoms with Gasteiger partial charge in [0.05, 0.1) is 17.8 Å². The molecule has 2 aliphatic rings. The minimum Gasteiger partial charge on any atom is -0.460 e. The van der Waals surface area contributed by atoms with Crippen molar-refractivity contribution in [1.82, 2.24) is 5.32 Å². The number of halogens is 2. The van der Waals surface area contributed by atoms with E-state index in [1.807, 2.05) is 0 Å². The van der Waals surface area contributed by atoms with Crippen LogP contribution in [0.2, 0.25) is 0 Å². The van der Waals surface area contributed by atoms with Crippen LogP contribution in [0.1, 0.15) is 52.0 Å². The molecule has 1 aromatic carbocycles. The second-order valence-corrected chi connectivity index (χ2v) is 8.86. The standard InChI is InChI=1S/C22H31F2N3O3/c1-22(2,3)29-21(28)13-15-12-19(24)20(14-18(15)23)27-10-6-16(7-11-27)26-30-17-4-8-25-9-5-17/h12,14,17,25H,4-11,13H2,1-3H3. The fraction of sp³-hybridized carbons (Fsp3) is 0.636. The van der Waals surface area contributed by atoms with Gasteiger partial charge in [-0.2, -0.15) is 0 Å². The quantitative estimate of drug-likeness (QED) is 0.580. The number of nitrogens with one attached hydrogen (secondary N) is 1. The molecular weight excluding hydrogens is 392 g/mol. The monoisotopic (exact) mass is 423 g/mol. The number of carbonyl (C=O) groups is 1. The van der Waals surface area contributed by atoms with Gasteiger partial charge in [-0.25, -0.2) is 8.78 Å². The molecule has 0 radical (unpaired) electrons. The van der Waals surface area contributed by atoms with E-state index in [2.05, 4.69) is 10.5 Å². The zero-order valence-corrected chi connectivity index (χ0v) is 18.0. The van der Waals surface area contributed by atoms with Gasteiger partial charge in [0.1, 0.15) is 23.3 Å². The van der Waals surface area contributed by atoms with Crippen LogP contribution in [0.15, 0.2) is 17.3 Å². The molecule has 0 unspecified atom stereocenters. The number of piperidine rings is 2. The summed E-state index contributed by atoms with van der Waals surface area (Å²) in [5.41, 5.74) is 0.488. The smallest absolute Gasteiger partial charge is 0.310 e. The number of ether oxygens (including phenoxy) is 1. The van der Waals surface area contributed by atoms with Gasteiger partial charge >= 0.3 is 5.97 Å². The lowest BCUT2D eigenvalue weighted by molar-refractivity contribution is -0.153. The number of hydrogen-bond acceptors (Lipinski definition) is 6. The van der Waals surface area contributed by atoms with Crippen LogP contribution in [-0.4, -0.2) is 49.6 Å². The van der Waals surface area contributed by atoms with Crippen molar-refractivity contribution in [2.45, 2.75) is 64.6 Å². The number of hydrogen-bond donors (Lipinski definition) is 1. The third-order valence-electron chi connectivity index (χ3n) is 5.17. The van der Waals surface area contributed by atoms with Crippen LogP contribution in [0.5, 0.6) is 0 Å². The van der Waals surface area contributed by atoms with Gasteiger partial charge < -0.3 is 19.8 Å². The number of anilines is 1. The number of benzene rings is 1. The van der Waals surface area contributed by atoms with E-state index in [1.54, 1.807) is 25.7 Å². The Morgan fingerprint density at radius 2 is 1.83 bits per heavy atom. The predicted molar refractivity (Wildman–Crippen MR) is 112 cm³/mol. The number of esters is 1. The van der Waals surface area contributed by atoms with Crippen molar-refractivity contribution in [2.24, 2.45) is 5.16 Å². The van der Waals surface area contributed by atoms with Crippen molar-refractivity contribution in [2.75, 3.05) is 31.1 Å². The lowest BCUT2D eigenvalue weighted by Gasteiger charge is -2.30. The van der Waals surface area contributed by atoms with Crippen LogP contribution < -0.4 is 10.2 Å². The van der Waals surface area contributed by atoms with Crippen LogP contribution in [0, 0.1) is 11.6 Å². The molecule has 0 aromatic heterocycles. The number of carbonyl (C=O) groups excluding carboxylic acids is 1. The molecule has 0 amide bonds. The zero-order chi connectivity index (χ0) is 21.7. The van der Waals surface area contributed by atoms with Gasteiger partial charge in [-0.3, -0.25) is 4.79 Å². The van der Waals surface area contributed by atoms with Crippen LogP contribution in [0.3, 0.4) is 0 Å². The van der Waals surface area contributed by atoms with Crippen molar-refractivity contribution >= 4 is 17.4 Å². The highest BCUT2D eigenvalue weighted by molar-refractivity contribution is 5.86. The molecule has 0 bridgehead atoms. The van der Waals surface area contributed by atoms with Gasteiger partial charge in [0.2, 0.25) is 0 Å². The van der Waals surface area contributed by atoms with Gasteiger partial charge in [0.25, 0.3) is 0 Å². The van der Waals surface area contributed by atoms with Gasteiger partial charge in [-0.1, -0.05) is 5.16 Å². The van der Waals surface area contributed by atoms with Gasteiger partial charge in [0.15, 0.2) is 0 Å². The Morgan fingerprint density at radius 3 is 2.47 bits per heavy atom. The lowest BCUT2D eigenvalue weighted by atomic mass is 10.1. The molecule has 30 heavy (non-hydrogen) atoms. The second kappa shape index (κ2) is 9.73. The maximum Gasteiger partial charge on any atom is 0.310 e. The lowest BCUT2D eigenvalue weighted by Crippen LogP contribution is -2.35. The summed E-state index contributed by atoms with van der Waals surface area (Å²) in [6.45, 7) is 8.16. The maximum atomic E-state index is 14.7. The highest BCUT2D eigenvalue weighted by atomic mass is 19.1. The third kappa shape index (κ3) is 6.39. The molecule has 1 aromatic rings. The summed E-state index contributed by atoms with van der Waals surface area (Å²) < 4.78 is 34.4. The van der Waals surface area contributed by atoms with Gasteiger partial charge in [0, 0.05) is 37.6 Å². The summed E-state index contributed by atoms with van der Waals surface area (Å²) >= 11 is 0. The number of oxime groups is 1. The summed E-state index contributed by atoms with van der Waals surface area (Å²) in [5.74, 6) is -1.73. The highest BCUT2D eigenvalue weighted by Gasteiger charge is 2.23. The Balaban J connectivity index is 1.57. The normalized spacial score (nSPS) is 18.3. The molecule has 0 aliphatic carbocycles. The summed E-state index contributed by atoms with van der Waals surface area (Å²) in [4.78, 5) is 19.4. The van der Waals surface area contributed by atoms with E-state index in [1.165, 1.54) is 6.07 Å². The van der Waals surface area contributed by atoms with Crippen molar-refractivity contribution < 1.29 is 23.1 Å². The molecule has 0 atom stereocenters. The van der Waals surface area contributed by atoms with E-state index < -0.39 is 23.2 Å². The Labute approximate surface area is 176 Å². The maximum absolute atomic E-state index is 14.7. The first-order valence-electron chi connectivity index (χ1n) is 10.6. The SMILES string of the molecule is CC(C)(C)OC(=O)Cc1cc(F)c(N2CCC(=NOC3CCNCC3)CC2)cc1F. The molecule has 8 heteroatoms. The first kappa shape index (κ1) is 22.5. The zero-order valence-electron chi connectivity index (χ0n) is 18.0. The highest BCUT2D eigenvalue weighted by Crippen LogP contribution is 2.26. The summed E-state index contributed by atoms with van der Waals surface area (Å²) in [6.07, 6.45) is 3.04. The molecule has 3 rings (SSSR count). The van der Waals surface area contributed by atoms with Crippen molar-refractivity contribution in [3.8, 4) is 0 Å². The summed E-state index contributed by atoms with van der Waals surface area (Å²) in [5, 5.41) is 7.58. The Hall–Kier alpha value is -2.22. The van der Waals surface area contributed by atoms with E-state index in [9.17, 15) is 13.6 Å². The molecule has 1 N–H and O–H groups in total. The summed E-state index contributed by atoms with van der Waals surface area (Å²) in [6, 6.07) is 2.26. The molecule has 2 aliphatic heterocycles. The Morgan fingerprint density at radius 1 is 1.17 bits per heavy atom. The van der Waals surface area contributed by atoms with E-state index in [0.717, 1.165) is 37.7 Å². The van der Waals surface area contributed by atoms with Crippen LogP contribution in [-0.2, 0) is 20.8 Å². The predicted octanol–water partition coefficient (Wildman–Crippen LogP) is 3.57. The fourth-order valence-corrected chi connectivity index (χ4v) is 3.64. The number of rotatable bonds is 5. The minimum absolute atomic E-state index is 0.000123. The van der Waals surface area contributed by atoms with E-state index >= 15 is 0 Å². The van der Waals surface area contributed by atoms with Crippen LogP contribution >= 0.6 is 0 Å². The first-order valence-corrected chi connectivity index (χ1v) is 10.6. The molecular formula is C22H31F2N3O3. The van der Waals surface area contributed by atoms with Crippen LogP contribution in [0.25, 0.3) is 0 Å². The van der Waals surface area contributed by atoms with Crippen molar-refractivity contribution in [3.63, 3.8) is 0 Å². The molecule has 2 heterocycles. The van der Waals surface area contributed by atoms with E-state index in [4.69, 9.17) is 9.57 Å². The largest absolute Gasteiger partial charge is 0.460 e. The van der Waals surface area contributed by atoms with Crippen molar-refractivity contribution in [3.05, 3.63) is 29.3 Å². The second-order valence-electron chi connectivity index (χ2n) is 8.86. The molecule has 0 spiro atoms. The molecule has 0 saturated carbocycles. The topological polar surface area (TPSA) is 63.2 Å². The fourth-order valence-electron chi connectivity index (χ4n) is 3.64. The third-order valence-corrected chi connectivity index (χ3v) is 5.17. The van der Waals surface area contributed by atoms with Gasteiger partial charge in [-0.15, -0.1) is 0 Å². The Bertz CT molecular complexity index is 777. The van der Waals surface area contributed by atoms with Crippen LogP contribution in [0.4, 0.5) is 14.5 Å². The number of nitrogens with zero attached hydrogens (tertiary/aromatic N) is 2. The van der Waals surface area contributed by atoms with Crippen molar-refractivity contribution in [1.29, 1.82) is 0 Å². The first-order chi connectivity index (χ1) is 14.2. The minimum atomic E-state index is -0.670. The van der Waals surface area contributed by atoms with E-state index in [-0.39, 0.29) is 23.8 Å². The molecule has 2 saturated heterocycles. The summed E-state index contributed by atoms with van der Waals surface area (Å²) in [7, 11) is 0. The molecule has 166 valence electrons. The molecule has 2 fully saturated rings.